The zero-order valence-electron chi connectivity index (χ0n) is 15.6. The molecule has 0 bridgehead atoms. The van der Waals surface area contributed by atoms with E-state index >= 15 is 0 Å². The molecule has 3 heterocycles. The van der Waals surface area contributed by atoms with Gasteiger partial charge in [-0.2, -0.15) is 0 Å². The van der Waals surface area contributed by atoms with Crippen molar-refractivity contribution in [1.82, 2.24) is 20.6 Å². The van der Waals surface area contributed by atoms with Crippen LogP contribution in [-0.4, -0.2) is 33.1 Å². The second-order valence-electron chi connectivity index (χ2n) is 7.12. The summed E-state index contributed by atoms with van der Waals surface area (Å²) < 4.78 is 5.13. The number of carbonyl (C=O) groups excluding carboxylic acids is 3. The quantitative estimate of drug-likeness (QED) is 0.726. The van der Waals surface area contributed by atoms with E-state index in [0.29, 0.717) is 22.3 Å². The molecule has 29 heavy (non-hydrogen) atoms. The first-order valence-corrected chi connectivity index (χ1v) is 10.3. The SMILES string of the molecule is O=C1NC(=O)/C(=C/c2ccnc(CC3CCC(NC(=O)c4ccco4)CC3)n2)S1. The minimum atomic E-state index is -0.393. The Morgan fingerprint density at radius 1 is 1.28 bits per heavy atom. The molecule has 2 aliphatic rings. The van der Waals surface area contributed by atoms with E-state index in [-0.39, 0.29) is 17.2 Å². The van der Waals surface area contributed by atoms with Crippen molar-refractivity contribution in [2.45, 2.75) is 38.1 Å². The summed E-state index contributed by atoms with van der Waals surface area (Å²) in [6, 6.07) is 5.22. The zero-order chi connectivity index (χ0) is 20.2. The van der Waals surface area contributed by atoms with Crippen LogP contribution in [0.2, 0.25) is 0 Å². The van der Waals surface area contributed by atoms with Gasteiger partial charge >= 0.3 is 0 Å². The molecule has 1 aliphatic carbocycles. The van der Waals surface area contributed by atoms with Gasteiger partial charge in [-0.05, 0) is 67.6 Å². The number of amides is 3. The number of nitrogens with one attached hydrogen (secondary N) is 2. The summed E-state index contributed by atoms with van der Waals surface area (Å²) in [6.07, 6.45) is 9.27. The van der Waals surface area contributed by atoms with Crippen molar-refractivity contribution in [1.29, 1.82) is 0 Å². The molecule has 1 saturated carbocycles. The topological polar surface area (TPSA) is 114 Å². The number of nitrogens with zero attached hydrogens (tertiary/aromatic N) is 2. The highest BCUT2D eigenvalue weighted by molar-refractivity contribution is 8.18. The third-order valence-electron chi connectivity index (χ3n) is 5.05. The maximum atomic E-state index is 12.1. The summed E-state index contributed by atoms with van der Waals surface area (Å²) in [6.45, 7) is 0. The first-order chi connectivity index (χ1) is 14.1. The third-order valence-corrected chi connectivity index (χ3v) is 5.86. The molecule has 0 spiro atoms. The first-order valence-electron chi connectivity index (χ1n) is 9.48. The molecule has 4 rings (SSSR count). The number of thioether (sulfide) groups is 1. The van der Waals surface area contributed by atoms with Gasteiger partial charge in [0.1, 0.15) is 5.82 Å². The standard InChI is InChI=1S/C20H20N4O4S/c25-18(15-2-1-9-28-15)23-13-5-3-12(4-6-13)10-17-21-8-7-14(22-17)11-16-19(26)24-20(27)29-16/h1-2,7-9,11-13H,3-6,10H2,(H,23,25)(H,24,26,27)/b16-11-. The van der Waals surface area contributed by atoms with Crippen LogP contribution < -0.4 is 10.6 Å². The van der Waals surface area contributed by atoms with Crippen LogP contribution in [0.15, 0.2) is 40.0 Å². The van der Waals surface area contributed by atoms with Gasteiger partial charge in [-0.1, -0.05) is 0 Å². The molecular weight excluding hydrogens is 392 g/mol. The number of rotatable bonds is 5. The average Bonchev–Trinajstić information content (AvgIpc) is 3.34. The van der Waals surface area contributed by atoms with Gasteiger partial charge in [0.05, 0.1) is 16.9 Å². The van der Waals surface area contributed by atoms with Crippen molar-refractivity contribution in [2.24, 2.45) is 5.92 Å². The summed E-state index contributed by atoms with van der Waals surface area (Å²) in [5, 5.41) is 4.89. The van der Waals surface area contributed by atoms with E-state index in [1.807, 2.05) is 0 Å². The fraction of sp³-hybridized carbons (Fsp3) is 0.350. The summed E-state index contributed by atoms with van der Waals surface area (Å²) in [7, 11) is 0. The molecule has 0 unspecified atom stereocenters. The number of aromatic nitrogens is 2. The number of furan rings is 1. The van der Waals surface area contributed by atoms with Crippen LogP contribution in [0, 0.1) is 5.92 Å². The number of hydrogen-bond acceptors (Lipinski definition) is 7. The first kappa shape index (κ1) is 19.4. The largest absolute Gasteiger partial charge is 0.459 e. The molecule has 150 valence electrons. The fourth-order valence-corrected chi connectivity index (χ4v) is 4.25. The van der Waals surface area contributed by atoms with Crippen LogP contribution in [0.3, 0.4) is 0 Å². The van der Waals surface area contributed by atoms with Gasteiger partial charge in [0, 0.05) is 18.7 Å². The Balaban J connectivity index is 1.30. The predicted molar refractivity (Wildman–Crippen MR) is 107 cm³/mol. The fourth-order valence-electron chi connectivity index (χ4n) is 3.58. The van der Waals surface area contributed by atoms with Crippen molar-refractivity contribution in [2.75, 3.05) is 0 Å². The molecule has 9 heteroatoms. The van der Waals surface area contributed by atoms with Crippen molar-refractivity contribution in [3.63, 3.8) is 0 Å². The number of hydrogen-bond donors (Lipinski definition) is 2. The van der Waals surface area contributed by atoms with Crippen molar-refractivity contribution in [3.8, 4) is 0 Å². The number of imide groups is 1. The van der Waals surface area contributed by atoms with Gasteiger partial charge in [0.2, 0.25) is 0 Å². The van der Waals surface area contributed by atoms with E-state index in [2.05, 4.69) is 20.6 Å². The lowest BCUT2D eigenvalue weighted by molar-refractivity contribution is -0.115. The summed E-state index contributed by atoms with van der Waals surface area (Å²) in [5.41, 5.74) is 0.613. The molecule has 1 saturated heterocycles. The average molecular weight is 412 g/mol. The van der Waals surface area contributed by atoms with E-state index in [0.717, 1.165) is 49.7 Å². The van der Waals surface area contributed by atoms with E-state index in [9.17, 15) is 14.4 Å². The normalized spacial score (nSPS) is 23.2. The summed E-state index contributed by atoms with van der Waals surface area (Å²) >= 11 is 0.874. The van der Waals surface area contributed by atoms with Crippen LogP contribution in [0.25, 0.3) is 6.08 Å². The van der Waals surface area contributed by atoms with Crippen LogP contribution in [0.5, 0.6) is 0 Å². The van der Waals surface area contributed by atoms with Crippen molar-refractivity contribution >= 4 is 34.9 Å². The van der Waals surface area contributed by atoms with Crippen LogP contribution in [-0.2, 0) is 11.2 Å². The Labute approximate surface area is 171 Å². The lowest BCUT2D eigenvalue weighted by Crippen LogP contribution is -2.37. The minimum Gasteiger partial charge on any atom is -0.459 e. The predicted octanol–water partition coefficient (Wildman–Crippen LogP) is 2.92. The highest BCUT2D eigenvalue weighted by Gasteiger charge is 2.26. The van der Waals surface area contributed by atoms with E-state index < -0.39 is 5.91 Å². The molecule has 0 aromatic carbocycles. The number of carbonyl (C=O) groups is 3. The van der Waals surface area contributed by atoms with Gasteiger partial charge in [-0.15, -0.1) is 0 Å². The molecule has 0 atom stereocenters. The second kappa shape index (κ2) is 8.60. The monoisotopic (exact) mass is 412 g/mol. The molecule has 0 radical (unpaired) electrons. The van der Waals surface area contributed by atoms with Gasteiger partial charge in [0.15, 0.2) is 5.76 Å². The van der Waals surface area contributed by atoms with Crippen LogP contribution in [0.4, 0.5) is 4.79 Å². The highest BCUT2D eigenvalue weighted by Crippen LogP contribution is 2.28. The highest BCUT2D eigenvalue weighted by atomic mass is 32.2. The lowest BCUT2D eigenvalue weighted by atomic mass is 9.84. The van der Waals surface area contributed by atoms with E-state index in [1.165, 1.54) is 6.26 Å². The molecule has 2 aromatic heterocycles. The van der Waals surface area contributed by atoms with Gasteiger partial charge < -0.3 is 9.73 Å². The lowest BCUT2D eigenvalue weighted by Gasteiger charge is -2.28. The summed E-state index contributed by atoms with van der Waals surface area (Å²) in [4.78, 5) is 44.2. The Morgan fingerprint density at radius 3 is 2.79 bits per heavy atom. The zero-order valence-corrected chi connectivity index (χ0v) is 16.4. The van der Waals surface area contributed by atoms with Crippen molar-refractivity contribution < 1.29 is 18.8 Å². The molecule has 2 N–H and O–H groups in total. The molecular formula is C20H20N4O4S. The molecule has 2 aromatic rings. The Morgan fingerprint density at radius 2 is 2.10 bits per heavy atom. The Bertz CT molecular complexity index is 949. The maximum absolute atomic E-state index is 12.1. The van der Waals surface area contributed by atoms with Gasteiger partial charge in [-0.3, -0.25) is 19.7 Å². The summed E-state index contributed by atoms with van der Waals surface area (Å²) in [5.74, 6) is 0.935. The van der Waals surface area contributed by atoms with E-state index in [4.69, 9.17) is 4.42 Å². The van der Waals surface area contributed by atoms with E-state index in [1.54, 1.807) is 30.5 Å². The molecule has 3 amide bonds. The smallest absolute Gasteiger partial charge is 0.290 e. The van der Waals surface area contributed by atoms with Gasteiger partial charge in [-0.25, -0.2) is 9.97 Å². The van der Waals surface area contributed by atoms with Gasteiger partial charge in [0.25, 0.3) is 17.1 Å². The Hall–Kier alpha value is -2.94. The van der Waals surface area contributed by atoms with Crippen LogP contribution in [0.1, 0.15) is 47.8 Å². The minimum absolute atomic E-state index is 0.149. The molecule has 8 nitrogen and oxygen atoms in total. The molecule has 2 fully saturated rings. The van der Waals surface area contributed by atoms with Crippen molar-refractivity contribution in [3.05, 3.63) is 52.8 Å². The molecule has 1 aliphatic heterocycles. The third kappa shape index (κ3) is 4.92. The Kier molecular flexibility index (Phi) is 5.75. The maximum Gasteiger partial charge on any atom is 0.290 e. The second-order valence-corrected chi connectivity index (χ2v) is 8.14. The van der Waals surface area contributed by atoms with Crippen LogP contribution >= 0.6 is 11.8 Å².